The molecule has 96 valence electrons. The number of hydrogen-bond donors (Lipinski definition) is 1. The Morgan fingerprint density at radius 1 is 1.71 bits per heavy atom. The number of aliphatic imine (C=N–C) groups is 1. The highest BCUT2D eigenvalue weighted by molar-refractivity contribution is 5.75. The number of piperidine rings is 1. The second-order valence-corrected chi connectivity index (χ2v) is 3.93. The highest BCUT2D eigenvalue weighted by atomic mass is 19.3. The van der Waals surface area contributed by atoms with E-state index in [0.717, 1.165) is 12.4 Å². The lowest BCUT2D eigenvalue weighted by atomic mass is 10.0. The summed E-state index contributed by atoms with van der Waals surface area (Å²) in [7, 11) is 1.59. The molecule has 1 rings (SSSR count). The van der Waals surface area contributed by atoms with Crippen molar-refractivity contribution in [1.29, 1.82) is 0 Å². The maximum atomic E-state index is 13.5. The molecule has 0 saturated carbocycles. The first-order valence-electron chi connectivity index (χ1n) is 5.02. The van der Waals surface area contributed by atoms with Gasteiger partial charge in [0.2, 0.25) is 0 Å². The molecule has 1 atom stereocenters. The summed E-state index contributed by atoms with van der Waals surface area (Å²) in [5.41, 5.74) is 4.50. The van der Waals surface area contributed by atoms with Gasteiger partial charge in [0.1, 0.15) is 12.3 Å². The number of likely N-dealkylation sites (tertiary alicyclic amines) is 1. The van der Waals surface area contributed by atoms with Gasteiger partial charge in [0, 0.05) is 6.54 Å². The topological polar surface area (TPSA) is 84.8 Å². The van der Waals surface area contributed by atoms with Crippen LogP contribution in [0, 0.1) is 10.1 Å². The van der Waals surface area contributed by atoms with Crippen LogP contribution >= 0.6 is 0 Å². The number of alkyl halides is 2. The Hall–Kier alpha value is -1.57. The molecule has 0 aromatic carbocycles. The summed E-state index contributed by atoms with van der Waals surface area (Å²) in [6.45, 7) is 0.0902. The van der Waals surface area contributed by atoms with E-state index in [1.165, 1.54) is 4.90 Å². The maximum absolute atomic E-state index is 13.5. The summed E-state index contributed by atoms with van der Waals surface area (Å²) in [6, 6.07) is -1.23. The summed E-state index contributed by atoms with van der Waals surface area (Å²) in [5.74, 6) is -2.97. The van der Waals surface area contributed by atoms with E-state index in [1.807, 2.05) is 0 Å². The van der Waals surface area contributed by atoms with E-state index >= 15 is 0 Å². The molecule has 1 aliphatic rings. The number of allylic oxidation sites excluding steroid dienone is 1. The van der Waals surface area contributed by atoms with Gasteiger partial charge in [0.25, 0.3) is 5.92 Å². The fraction of sp³-hybridized carbons (Fsp3) is 0.667. The fourth-order valence-electron chi connectivity index (χ4n) is 1.60. The van der Waals surface area contributed by atoms with Gasteiger partial charge in [-0.15, -0.1) is 0 Å². The van der Waals surface area contributed by atoms with Crippen LogP contribution in [0.2, 0.25) is 0 Å². The van der Waals surface area contributed by atoms with Gasteiger partial charge in [-0.3, -0.25) is 15.1 Å². The molecule has 2 N–H and O–H groups in total. The Morgan fingerprint density at radius 3 is 2.82 bits per heavy atom. The van der Waals surface area contributed by atoms with Crippen molar-refractivity contribution in [2.75, 3.05) is 20.1 Å². The molecule has 8 heteroatoms. The van der Waals surface area contributed by atoms with E-state index in [-0.39, 0.29) is 6.42 Å². The Bertz CT molecular complexity index is 357. The van der Waals surface area contributed by atoms with Crippen LogP contribution in [0.4, 0.5) is 8.78 Å². The Morgan fingerprint density at radius 2 is 2.35 bits per heavy atom. The molecule has 1 saturated heterocycles. The van der Waals surface area contributed by atoms with Crippen molar-refractivity contribution in [3.8, 4) is 0 Å². The summed E-state index contributed by atoms with van der Waals surface area (Å²) in [5, 5.41) is 10.4. The van der Waals surface area contributed by atoms with Crippen LogP contribution in [0.1, 0.15) is 6.42 Å². The van der Waals surface area contributed by atoms with Crippen LogP contribution in [0.5, 0.6) is 0 Å². The van der Waals surface area contributed by atoms with Crippen molar-refractivity contribution >= 4 is 6.21 Å². The van der Waals surface area contributed by atoms with Crippen LogP contribution in [0.3, 0.4) is 0 Å². The van der Waals surface area contributed by atoms with Crippen LogP contribution in [0.25, 0.3) is 0 Å². The summed E-state index contributed by atoms with van der Waals surface area (Å²) >= 11 is 0. The number of nitrogens with zero attached hydrogens (tertiary/aromatic N) is 3. The summed E-state index contributed by atoms with van der Waals surface area (Å²) < 4.78 is 27.0. The molecule has 0 bridgehead atoms. The van der Waals surface area contributed by atoms with Gasteiger partial charge in [-0.05, 0) is 13.5 Å². The molecule has 0 amide bonds. The van der Waals surface area contributed by atoms with Gasteiger partial charge >= 0.3 is 5.70 Å². The minimum Gasteiger partial charge on any atom is -0.399 e. The number of halogens is 2. The third-order valence-electron chi connectivity index (χ3n) is 2.52. The van der Waals surface area contributed by atoms with E-state index in [9.17, 15) is 18.9 Å². The molecule has 1 fully saturated rings. The molecule has 0 aromatic heterocycles. The predicted molar refractivity (Wildman–Crippen MR) is 58.6 cm³/mol. The van der Waals surface area contributed by atoms with Crippen LogP contribution in [-0.2, 0) is 0 Å². The highest BCUT2D eigenvalue weighted by Gasteiger charge is 2.43. The summed E-state index contributed by atoms with van der Waals surface area (Å²) in [4.78, 5) is 14.7. The molecule has 0 aromatic rings. The van der Waals surface area contributed by atoms with E-state index in [0.29, 0.717) is 6.54 Å². The van der Waals surface area contributed by atoms with Crippen molar-refractivity contribution in [2.24, 2.45) is 10.7 Å². The molecule has 0 spiro atoms. The third kappa shape index (κ3) is 3.45. The van der Waals surface area contributed by atoms with Gasteiger partial charge < -0.3 is 10.6 Å². The minimum absolute atomic E-state index is 0.162. The molecular formula is C9H14F2N4O2. The average Bonchev–Trinajstić information content (AvgIpc) is 2.20. The van der Waals surface area contributed by atoms with Gasteiger partial charge in [-0.25, -0.2) is 8.78 Å². The van der Waals surface area contributed by atoms with Gasteiger partial charge in [-0.1, -0.05) is 0 Å². The average molecular weight is 248 g/mol. The molecule has 0 aliphatic carbocycles. The molecule has 1 heterocycles. The van der Waals surface area contributed by atoms with E-state index in [2.05, 4.69) is 4.99 Å². The van der Waals surface area contributed by atoms with Crippen molar-refractivity contribution in [3.63, 3.8) is 0 Å². The van der Waals surface area contributed by atoms with E-state index in [4.69, 9.17) is 5.73 Å². The summed E-state index contributed by atoms with van der Waals surface area (Å²) in [6.07, 6.45) is 1.69. The molecular weight excluding hydrogens is 234 g/mol. The van der Waals surface area contributed by atoms with Crippen molar-refractivity contribution in [1.82, 2.24) is 4.90 Å². The Kier molecular flexibility index (Phi) is 4.11. The zero-order valence-electron chi connectivity index (χ0n) is 9.34. The maximum Gasteiger partial charge on any atom is 0.302 e. The first-order valence-corrected chi connectivity index (χ1v) is 5.02. The second-order valence-electron chi connectivity index (χ2n) is 3.93. The standard InChI is InChI=1S/C9H14F2N4O2/c1-14-3-2-8(9(10,11)6-14)13-5-7(4-12)15(16)17/h4-5,8H,2-3,6,12H2,1H3. The van der Waals surface area contributed by atoms with E-state index < -0.39 is 29.1 Å². The smallest absolute Gasteiger partial charge is 0.302 e. The zero-order chi connectivity index (χ0) is 13.1. The monoisotopic (exact) mass is 248 g/mol. The Labute approximate surface area is 96.9 Å². The normalized spacial score (nSPS) is 26.3. The van der Waals surface area contributed by atoms with Gasteiger partial charge in [-0.2, -0.15) is 0 Å². The lowest BCUT2D eigenvalue weighted by Gasteiger charge is -2.34. The van der Waals surface area contributed by atoms with Crippen molar-refractivity contribution < 1.29 is 13.7 Å². The SMILES string of the molecule is CN1CCC(N=CC(=CN)[N+](=O)[O-])C(F)(F)C1. The van der Waals surface area contributed by atoms with Crippen LogP contribution < -0.4 is 5.73 Å². The van der Waals surface area contributed by atoms with Gasteiger partial charge in [0.05, 0.1) is 17.7 Å². The second kappa shape index (κ2) is 5.17. The third-order valence-corrected chi connectivity index (χ3v) is 2.52. The van der Waals surface area contributed by atoms with Crippen LogP contribution in [0.15, 0.2) is 16.9 Å². The van der Waals surface area contributed by atoms with Crippen molar-refractivity contribution in [3.05, 3.63) is 22.0 Å². The number of hydrogen-bond acceptors (Lipinski definition) is 5. The largest absolute Gasteiger partial charge is 0.399 e. The van der Waals surface area contributed by atoms with Crippen molar-refractivity contribution in [2.45, 2.75) is 18.4 Å². The first-order chi connectivity index (χ1) is 7.86. The van der Waals surface area contributed by atoms with Gasteiger partial charge in [0.15, 0.2) is 0 Å². The van der Waals surface area contributed by atoms with Crippen LogP contribution in [-0.4, -0.2) is 48.1 Å². The predicted octanol–water partition coefficient (Wildman–Crippen LogP) is 0.473. The zero-order valence-corrected chi connectivity index (χ0v) is 9.34. The quantitative estimate of drug-likeness (QED) is 0.447. The number of nitro groups is 1. The molecule has 1 aliphatic heterocycles. The molecule has 17 heavy (non-hydrogen) atoms. The number of nitrogens with two attached hydrogens (primary N) is 1. The minimum atomic E-state index is -2.97. The fourth-order valence-corrected chi connectivity index (χ4v) is 1.60. The molecule has 6 nitrogen and oxygen atoms in total. The molecule has 0 radical (unpaired) electrons. The van der Waals surface area contributed by atoms with E-state index in [1.54, 1.807) is 7.05 Å². The highest BCUT2D eigenvalue weighted by Crippen LogP contribution is 2.28. The Balaban J connectivity index is 2.74. The lowest BCUT2D eigenvalue weighted by molar-refractivity contribution is -0.414. The molecule has 1 unspecified atom stereocenters. The lowest BCUT2D eigenvalue weighted by Crippen LogP contribution is -2.49. The number of rotatable bonds is 3. The first kappa shape index (κ1) is 13.5.